The number of nitrogens with zero attached hydrogens (tertiary/aromatic N) is 2. The molecule has 0 saturated carbocycles. The Bertz CT molecular complexity index is 1080. The number of aromatic nitrogens is 1. The summed E-state index contributed by atoms with van der Waals surface area (Å²) < 4.78 is 24.3. The number of aliphatic carboxylic acids is 1. The summed E-state index contributed by atoms with van der Waals surface area (Å²) in [6.07, 6.45) is 1.37. The molecule has 1 aliphatic heterocycles. The molecule has 4 rings (SSSR count). The van der Waals surface area contributed by atoms with Crippen LogP contribution in [0.3, 0.4) is 0 Å². The molecule has 33 heavy (non-hydrogen) atoms. The highest BCUT2D eigenvalue weighted by Crippen LogP contribution is 2.32. The number of likely N-dealkylation sites (tertiary alicyclic amines) is 1. The summed E-state index contributed by atoms with van der Waals surface area (Å²) in [5.74, 6) is -0.523. The first kappa shape index (κ1) is 23.2. The number of hydrogen-bond donors (Lipinski definition) is 3. The molecule has 1 fully saturated rings. The molecule has 2 aromatic carbocycles. The second-order valence-corrected chi connectivity index (χ2v) is 8.54. The molecule has 4 N–H and O–H groups in total. The summed E-state index contributed by atoms with van der Waals surface area (Å²) >= 11 is 0. The summed E-state index contributed by atoms with van der Waals surface area (Å²) in [6, 6.07) is 10.6. The second-order valence-electron chi connectivity index (χ2n) is 8.54. The maximum Gasteiger partial charge on any atom is 0.320 e. The molecule has 0 bridgehead atoms. The number of fused-ring (bicyclic) bond motifs is 1. The molecular weight excluding hydrogens is 429 g/mol. The molecule has 1 aliphatic rings. The Labute approximate surface area is 190 Å². The average molecular weight is 458 g/mol. The van der Waals surface area contributed by atoms with Crippen LogP contribution in [-0.4, -0.2) is 64.6 Å². The Morgan fingerprint density at radius 2 is 1.97 bits per heavy atom. The zero-order chi connectivity index (χ0) is 23.4. The van der Waals surface area contributed by atoms with Crippen molar-refractivity contribution in [2.75, 3.05) is 26.2 Å². The van der Waals surface area contributed by atoms with E-state index in [-0.39, 0.29) is 24.8 Å². The number of carbonyl (C=O) groups is 1. The molecule has 0 spiro atoms. The van der Waals surface area contributed by atoms with E-state index >= 15 is 0 Å². The summed E-state index contributed by atoms with van der Waals surface area (Å²) in [5, 5.41) is 24.3. The molecular formula is C24H28FN3O5. The van der Waals surface area contributed by atoms with E-state index in [0.29, 0.717) is 17.9 Å². The quantitative estimate of drug-likeness (QED) is 0.448. The van der Waals surface area contributed by atoms with Crippen LogP contribution in [0, 0.1) is 5.82 Å². The van der Waals surface area contributed by atoms with Crippen LogP contribution in [0.15, 0.2) is 47.0 Å². The molecule has 3 aromatic rings. The fraction of sp³-hybridized carbons (Fsp3) is 0.417. The van der Waals surface area contributed by atoms with Gasteiger partial charge >= 0.3 is 5.97 Å². The predicted molar refractivity (Wildman–Crippen MR) is 120 cm³/mol. The van der Waals surface area contributed by atoms with Crippen LogP contribution in [-0.2, 0) is 11.2 Å². The van der Waals surface area contributed by atoms with E-state index in [4.69, 9.17) is 20.1 Å². The standard InChI is InChI=1S/C24H28FN3O5/c25-17-3-6-20-22(12-17)33-27-23(20)16-7-9-28(10-8-16)13-18(29)14-32-19-4-1-15(2-5-19)11-21(26)24(30)31/h1-6,12,16,18,21,29H,7-11,13-14,26H2,(H,30,31)/t18?,21-/m0/s1. The number of benzene rings is 2. The third-order valence-electron chi connectivity index (χ3n) is 6.04. The van der Waals surface area contributed by atoms with Crippen LogP contribution in [0.25, 0.3) is 11.0 Å². The Morgan fingerprint density at radius 1 is 1.24 bits per heavy atom. The lowest BCUT2D eigenvalue weighted by Crippen LogP contribution is -2.40. The van der Waals surface area contributed by atoms with Crippen molar-refractivity contribution in [3.63, 3.8) is 0 Å². The minimum Gasteiger partial charge on any atom is -0.491 e. The number of carboxylic acid groups (broad SMARTS) is 1. The van der Waals surface area contributed by atoms with Gasteiger partial charge in [-0.15, -0.1) is 0 Å². The molecule has 176 valence electrons. The summed E-state index contributed by atoms with van der Waals surface area (Å²) in [7, 11) is 0. The number of ether oxygens (including phenoxy) is 1. The number of aliphatic hydroxyl groups excluding tert-OH is 1. The SMILES string of the molecule is N[C@@H](Cc1ccc(OCC(O)CN2CCC(c3noc4cc(F)ccc34)CC2)cc1)C(=O)O. The topological polar surface area (TPSA) is 122 Å². The highest BCUT2D eigenvalue weighted by molar-refractivity contribution is 5.79. The van der Waals surface area contributed by atoms with E-state index in [0.717, 1.165) is 42.6 Å². The van der Waals surface area contributed by atoms with Crippen molar-refractivity contribution >= 4 is 16.9 Å². The van der Waals surface area contributed by atoms with Crippen LogP contribution in [0.2, 0.25) is 0 Å². The Morgan fingerprint density at radius 3 is 2.67 bits per heavy atom. The van der Waals surface area contributed by atoms with Crippen LogP contribution in [0.4, 0.5) is 4.39 Å². The van der Waals surface area contributed by atoms with Crippen molar-refractivity contribution in [2.45, 2.75) is 37.3 Å². The van der Waals surface area contributed by atoms with Crippen molar-refractivity contribution in [1.82, 2.24) is 10.1 Å². The van der Waals surface area contributed by atoms with Gasteiger partial charge in [0.1, 0.15) is 30.3 Å². The number of aliphatic hydroxyl groups is 1. The average Bonchev–Trinajstić information content (AvgIpc) is 3.22. The smallest absolute Gasteiger partial charge is 0.320 e. The van der Waals surface area contributed by atoms with E-state index in [1.54, 1.807) is 30.3 Å². The summed E-state index contributed by atoms with van der Waals surface area (Å²) in [6.45, 7) is 2.29. The van der Waals surface area contributed by atoms with Gasteiger partial charge in [0.25, 0.3) is 0 Å². The van der Waals surface area contributed by atoms with Gasteiger partial charge in [0.15, 0.2) is 5.58 Å². The number of piperidine rings is 1. The van der Waals surface area contributed by atoms with Crippen molar-refractivity contribution in [2.24, 2.45) is 5.73 Å². The van der Waals surface area contributed by atoms with Gasteiger partial charge in [-0.2, -0.15) is 0 Å². The van der Waals surface area contributed by atoms with Crippen molar-refractivity contribution in [3.8, 4) is 5.75 Å². The number of hydrogen-bond acceptors (Lipinski definition) is 7. The Kier molecular flexibility index (Phi) is 7.22. The number of halogens is 1. The van der Waals surface area contributed by atoms with Gasteiger partial charge in [0.2, 0.25) is 0 Å². The Hall–Kier alpha value is -3.01. The maximum absolute atomic E-state index is 13.4. The second kappa shape index (κ2) is 10.3. The highest BCUT2D eigenvalue weighted by atomic mass is 19.1. The first-order chi connectivity index (χ1) is 15.9. The van der Waals surface area contributed by atoms with Gasteiger partial charge in [-0.1, -0.05) is 17.3 Å². The minimum atomic E-state index is -1.03. The number of carboxylic acids is 1. The van der Waals surface area contributed by atoms with E-state index in [1.807, 2.05) is 0 Å². The van der Waals surface area contributed by atoms with Gasteiger partial charge in [-0.3, -0.25) is 4.79 Å². The van der Waals surface area contributed by atoms with E-state index < -0.39 is 18.1 Å². The van der Waals surface area contributed by atoms with Crippen LogP contribution < -0.4 is 10.5 Å². The maximum atomic E-state index is 13.4. The van der Waals surface area contributed by atoms with Crippen molar-refractivity contribution < 1.29 is 28.7 Å². The summed E-state index contributed by atoms with van der Waals surface area (Å²) in [4.78, 5) is 13.0. The minimum absolute atomic E-state index is 0.160. The monoisotopic (exact) mass is 457 g/mol. The lowest BCUT2D eigenvalue weighted by molar-refractivity contribution is -0.138. The molecule has 0 aliphatic carbocycles. The predicted octanol–water partition coefficient (Wildman–Crippen LogP) is 2.54. The Balaban J connectivity index is 1.21. The summed E-state index contributed by atoms with van der Waals surface area (Å²) in [5.41, 5.74) is 7.71. The molecule has 0 radical (unpaired) electrons. The normalized spacial score (nSPS) is 17.2. The molecule has 2 atom stereocenters. The van der Waals surface area contributed by atoms with Gasteiger partial charge in [0, 0.05) is 23.9 Å². The zero-order valence-electron chi connectivity index (χ0n) is 18.2. The van der Waals surface area contributed by atoms with E-state index in [1.165, 1.54) is 12.1 Å². The van der Waals surface area contributed by atoms with Crippen molar-refractivity contribution in [1.29, 1.82) is 0 Å². The first-order valence-corrected chi connectivity index (χ1v) is 11.0. The number of nitrogens with two attached hydrogens (primary N) is 1. The molecule has 1 saturated heterocycles. The number of rotatable bonds is 9. The van der Waals surface area contributed by atoms with Crippen LogP contribution >= 0.6 is 0 Å². The molecule has 9 heteroatoms. The lowest BCUT2D eigenvalue weighted by Gasteiger charge is -2.32. The third-order valence-corrected chi connectivity index (χ3v) is 6.04. The van der Waals surface area contributed by atoms with Gasteiger partial charge in [-0.05, 0) is 62.2 Å². The zero-order valence-corrected chi connectivity index (χ0v) is 18.2. The lowest BCUT2D eigenvalue weighted by atomic mass is 9.91. The van der Waals surface area contributed by atoms with Crippen LogP contribution in [0.5, 0.6) is 5.75 Å². The van der Waals surface area contributed by atoms with E-state index in [2.05, 4.69) is 10.1 Å². The fourth-order valence-corrected chi connectivity index (χ4v) is 4.22. The molecule has 0 amide bonds. The first-order valence-electron chi connectivity index (χ1n) is 11.0. The van der Waals surface area contributed by atoms with Crippen LogP contribution in [0.1, 0.15) is 30.0 Å². The largest absolute Gasteiger partial charge is 0.491 e. The molecule has 8 nitrogen and oxygen atoms in total. The molecule has 1 aromatic heterocycles. The number of β-amino-alcohol motifs (C(OH)–C–C–N with tert-alkyl or cyclic N) is 1. The van der Waals surface area contributed by atoms with Crippen molar-refractivity contribution in [3.05, 3.63) is 59.5 Å². The highest BCUT2D eigenvalue weighted by Gasteiger charge is 2.26. The third kappa shape index (κ3) is 5.87. The van der Waals surface area contributed by atoms with E-state index in [9.17, 15) is 14.3 Å². The molecule has 1 unspecified atom stereocenters. The fourth-order valence-electron chi connectivity index (χ4n) is 4.22. The molecule has 2 heterocycles. The van der Waals surface area contributed by atoms with Gasteiger partial charge in [0.05, 0.1) is 5.69 Å². The van der Waals surface area contributed by atoms with Gasteiger partial charge in [-0.25, -0.2) is 4.39 Å². The van der Waals surface area contributed by atoms with Gasteiger partial charge < -0.3 is 30.1 Å².